The SMILES string of the molecule is COc1ccc(Cl)c(OC)c1-c1nn(C)c(=NC2(c3c(OC)cccc3OC)CCCC(Cl)C2)s1. The summed E-state index contributed by atoms with van der Waals surface area (Å²) in [5, 5.41) is 5.90. The van der Waals surface area contributed by atoms with E-state index in [1.807, 2.05) is 25.2 Å². The zero-order valence-corrected chi connectivity index (χ0v) is 22.8. The van der Waals surface area contributed by atoms with Crippen molar-refractivity contribution in [2.75, 3.05) is 28.4 Å². The van der Waals surface area contributed by atoms with Gasteiger partial charge in [0, 0.05) is 12.4 Å². The molecule has 10 heteroatoms. The first kappa shape index (κ1) is 25.7. The van der Waals surface area contributed by atoms with Crippen LogP contribution in [0.1, 0.15) is 31.2 Å². The minimum atomic E-state index is -0.632. The van der Waals surface area contributed by atoms with Crippen LogP contribution >= 0.6 is 34.5 Å². The smallest absolute Gasteiger partial charge is 0.204 e. The van der Waals surface area contributed by atoms with Crippen molar-refractivity contribution >= 4 is 34.5 Å². The number of hydrogen-bond donors (Lipinski definition) is 0. The molecule has 1 heterocycles. The summed E-state index contributed by atoms with van der Waals surface area (Å²) in [7, 11) is 8.38. The topological polar surface area (TPSA) is 67.1 Å². The number of rotatable bonds is 7. The summed E-state index contributed by atoms with van der Waals surface area (Å²) in [6.07, 6.45) is 3.34. The van der Waals surface area contributed by atoms with Crippen molar-refractivity contribution in [1.29, 1.82) is 0 Å². The number of methoxy groups -OCH3 is 4. The molecule has 2 atom stereocenters. The molecule has 1 aliphatic carbocycles. The van der Waals surface area contributed by atoms with Gasteiger partial charge in [-0.3, -0.25) is 0 Å². The van der Waals surface area contributed by atoms with E-state index < -0.39 is 5.54 Å². The molecule has 3 aromatic rings. The highest BCUT2D eigenvalue weighted by Crippen LogP contribution is 2.49. The van der Waals surface area contributed by atoms with E-state index >= 15 is 0 Å². The molecule has 1 saturated carbocycles. The van der Waals surface area contributed by atoms with Gasteiger partial charge >= 0.3 is 0 Å². The Bertz CT molecular complexity index is 1250. The molecule has 0 saturated heterocycles. The summed E-state index contributed by atoms with van der Waals surface area (Å²) < 4.78 is 24.5. The minimum absolute atomic E-state index is 0.0204. The lowest BCUT2D eigenvalue weighted by molar-refractivity contribution is 0.274. The maximum atomic E-state index is 6.74. The molecule has 0 aliphatic heterocycles. The Labute approximate surface area is 219 Å². The summed E-state index contributed by atoms with van der Waals surface area (Å²) in [5.74, 6) is 2.58. The molecular formula is C25H29Cl2N3O4S. The van der Waals surface area contributed by atoms with Crippen LogP contribution in [0.4, 0.5) is 0 Å². The van der Waals surface area contributed by atoms with Crippen molar-refractivity contribution < 1.29 is 18.9 Å². The van der Waals surface area contributed by atoms with Gasteiger partial charge in [-0.2, -0.15) is 5.10 Å². The quantitative estimate of drug-likeness (QED) is 0.355. The molecular weight excluding hydrogens is 509 g/mol. The molecule has 2 aromatic carbocycles. The average molecular weight is 538 g/mol. The predicted octanol–water partition coefficient (Wildman–Crippen LogP) is 5.81. The van der Waals surface area contributed by atoms with Gasteiger partial charge in [0.2, 0.25) is 4.80 Å². The van der Waals surface area contributed by atoms with E-state index in [2.05, 4.69) is 0 Å². The highest BCUT2D eigenvalue weighted by atomic mass is 35.5. The van der Waals surface area contributed by atoms with Crippen molar-refractivity contribution in [3.63, 3.8) is 0 Å². The first-order chi connectivity index (χ1) is 16.9. The van der Waals surface area contributed by atoms with Crippen molar-refractivity contribution in [1.82, 2.24) is 9.78 Å². The molecule has 0 amide bonds. The number of alkyl halides is 1. The molecule has 0 bridgehead atoms. The number of aromatic nitrogens is 2. The van der Waals surface area contributed by atoms with E-state index in [0.717, 1.165) is 41.1 Å². The van der Waals surface area contributed by atoms with Crippen LogP contribution in [0.25, 0.3) is 10.6 Å². The monoisotopic (exact) mass is 537 g/mol. The maximum absolute atomic E-state index is 6.74. The summed E-state index contributed by atoms with van der Waals surface area (Å²) in [5.41, 5.74) is 0.961. The first-order valence-corrected chi connectivity index (χ1v) is 12.9. The van der Waals surface area contributed by atoms with Crippen LogP contribution in [0.15, 0.2) is 35.3 Å². The molecule has 7 nitrogen and oxygen atoms in total. The molecule has 188 valence electrons. The fourth-order valence-corrected chi connectivity index (χ4v) is 6.39. The lowest BCUT2D eigenvalue weighted by Gasteiger charge is -2.37. The van der Waals surface area contributed by atoms with Crippen LogP contribution < -0.4 is 23.7 Å². The van der Waals surface area contributed by atoms with Gasteiger partial charge in [0.05, 0.1) is 50.1 Å². The standard InChI is InChI=1S/C25H29Cl2N3O4S/c1-30-24(35-23(29-30)20-17(31-2)12-11-16(27)22(20)34-5)28-25(13-7-8-15(26)14-25)21-18(32-3)9-6-10-19(21)33-4/h6,9-12,15H,7-8,13-14H2,1-5H3. The first-order valence-electron chi connectivity index (χ1n) is 11.2. The van der Waals surface area contributed by atoms with Crippen molar-refractivity contribution in [2.24, 2.45) is 12.0 Å². The van der Waals surface area contributed by atoms with Gasteiger partial charge in [-0.05, 0) is 49.9 Å². The van der Waals surface area contributed by atoms with Crippen molar-refractivity contribution in [2.45, 2.75) is 36.6 Å². The molecule has 0 spiro atoms. The number of nitrogens with zero attached hydrogens (tertiary/aromatic N) is 3. The molecule has 1 fully saturated rings. The zero-order valence-electron chi connectivity index (χ0n) is 20.4. The lowest BCUT2D eigenvalue weighted by Crippen LogP contribution is -2.35. The summed E-state index contributed by atoms with van der Waals surface area (Å²) in [4.78, 5) is 6.05. The average Bonchev–Trinajstić information content (AvgIpc) is 3.22. The molecule has 0 N–H and O–H groups in total. The Kier molecular flexibility index (Phi) is 7.83. The number of aryl methyl sites for hydroxylation is 1. The van der Waals surface area contributed by atoms with Crippen LogP contribution in [0.3, 0.4) is 0 Å². The third-order valence-electron chi connectivity index (χ3n) is 6.28. The Morgan fingerprint density at radius 1 is 1.03 bits per heavy atom. The second-order valence-electron chi connectivity index (χ2n) is 8.35. The third-order valence-corrected chi connectivity index (χ3v) is 7.97. The van der Waals surface area contributed by atoms with E-state index in [4.69, 9.17) is 52.2 Å². The molecule has 35 heavy (non-hydrogen) atoms. The highest BCUT2D eigenvalue weighted by molar-refractivity contribution is 7.12. The second-order valence-corrected chi connectivity index (χ2v) is 10.3. The Hall–Kier alpha value is -2.42. The van der Waals surface area contributed by atoms with Crippen LogP contribution in [0, 0.1) is 0 Å². The Morgan fingerprint density at radius 2 is 1.71 bits per heavy atom. The highest BCUT2D eigenvalue weighted by Gasteiger charge is 2.42. The van der Waals surface area contributed by atoms with Gasteiger partial charge < -0.3 is 18.9 Å². The van der Waals surface area contributed by atoms with E-state index in [1.165, 1.54) is 11.3 Å². The van der Waals surface area contributed by atoms with E-state index in [-0.39, 0.29) is 5.38 Å². The Morgan fingerprint density at radius 3 is 2.31 bits per heavy atom. The van der Waals surface area contributed by atoms with E-state index in [9.17, 15) is 0 Å². The molecule has 0 radical (unpaired) electrons. The van der Waals surface area contributed by atoms with Crippen LogP contribution in [-0.2, 0) is 12.6 Å². The van der Waals surface area contributed by atoms with E-state index in [0.29, 0.717) is 33.5 Å². The summed E-state index contributed by atoms with van der Waals surface area (Å²) in [6.45, 7) is 0. The molecule has 1 aliphatic rings. The molecule has 1 aromatic heterocycles. The number of benzene rings is 2. The van der Waals surface area contributed by atoms with Crippen LogP contribution in [0.2, 0.25) is 5.02 Å². The largest absolute Gasteiger partial charge is 0.496 e. The number of hydrogen-bond acceptors (Lipinski definition) is 7. The van der Waals surface area contributed by atoms with Gasteiger partial charge in [-0.25, -0.2) is 9.67 Å². The fourth-order valence-electron chi connectivity index (χ4n) is 4.72. The van der Waals surface area contributed by atoms with Gasteiger partial charge in [0.25, 0.3) is 0 Å². The van der Waals surface area contributed by atoms with Gasteiger partial charge in [-0.15, -0.1) is 11.6 Å². The predicted molar refractivity (Wildman–Crippen MR) is 140 cm³/mol. The number of halogens is 2. The van der Waals surface area contributed by atoms with Gasteiger partial charge in [0.15, 0.2) is 10.8 Å². The van der Waals surface area contributed by atoms with Crippen LogP contribution in [-0.4, -0.2) is 43.6 Å². The van der Waals surface area contributed by atoms with Crippen molar-refractivity contribution in [3.05, 3.63) is 45.7 Å². The fraction of sp³-hybridized carbons (Fsp3) is 0.440. The van der Waals surface area contributed by atoms with Crippen LogP contribution in [0.5, 0.6) is 23.0 Å². The zero-order chi connectivity index (χ0) is 25.2. The third kappa shape index (κ3) is 4.84. The van der Waals surface area contributed by atoms with Crippen molar-refractivity contribution in [3.8, 4) is 33.6 Å². The Balaban J connectivity index is 1.96. The van der Waals surface area contributed by atoms with E-state index in [1.54, 1.807) is 45.3 Å². The molecule has 4 rings (SSSR count). The maximum Gasteiger partial charge on any atom is 0.204 e. The molecule has 2 unspecified atom stereocenters. The summed E-state index contributed by atoms with van der Waals surface area (Å²) >= 11 is 14.6. The lowest BCUT2D eigenvalue weighted by atomic mass is 9.76. The normalized spacial score (nSPS) is 20.5. The van der Waals surface area contributed by atoms with Gasteiger partial charge in [-0.1, -0.05) is 29.0 Å². The number of ether oxygens (including phenoxy) is 4. The second kappa shape index (κ2) is 10.7. The van der Waals surface area contributed by atoms with Gasteiger partial charge in [0.1, 0.15) is 17.2 Å². The summed E-state index contributed by atoms with van der Waals surface area (Å²) in [6, 6.07) is 9.34. The minimum Gasteiger partial charge on any atom is -0.496 e.